The molecule has 0 amide bonds. The van der Waals surface area contributed by atoms with Gasteiger partial charge in [-0.1, -0.05) is 158 Å². The summed E-state index contributed by atoms with van der Waals surface area (Å²) >= 11 is 0. The van der Waals surface area contributed by atoms with Gasteiger partial charge in [0, 0.05) is 27.5 Å². The number of aromatic nitrogens is 3. The second-order valence-corrected chi connectivity index (χ2v) is 13.3. The van der Waals surface area contributed by atoms with Gasteiger partial charge in [0.25, 0.3) is 0 Å². The van der Waals surface area contributed by atoms with Crippen LogP contribution in [0.3, 0.4) is 0 Å². The summed E-state index contributed by atoms with van der Waals surface area (Å²) in [5, 5.41) is 4.37. The van der Waals surface area contributed by atoms with Crippen molar-refractivity contribution in [1.82, 2.24) is 15.0 Å². The molecule has 0 spiro atoms. The Kier molecular flexibility index (Phi) is 7.43. The van der Waals surface area contributed by atoms with E-state index in [1.165, 1.54) is 10.8 Å². The third-order valence-electron chi connectivity index (χ3n) is 9.92. The fourth-order valence-corrected chi connectivity index (χ4v) is 7.23. The lowest BCUT2D eigenvalue weighted by atomic mass is 9.96. The average molecular weight is 678 g/mol. The first-order chi connectivity index (χ1) is 26.2. The highest BCUT2D eigenvalue weighted by Gasteiger charge is 2.20. The second-order valence-electron chi connectivity index (χ2n) is 13.3. The molecule has 8 aromatic carbocycles. The molecule has 0 N–H and O–H groups in total. The van der Waals surface area contributed by atoms with E-state index in [9.17, 15) is 0 Å². The summed E-state index contributed by atoms with van der Waals surface area (Å²) in [6.07, 6.45) is 0. The molecule has 0 atom stereocenters. The van der Waals surface area contributed by atoms with Crippen molar-refractivity contribution in [3.63, 3.8) is 0 Å². The minimum atomic E-state index is 0.585. The largest absolute Gasteiger partial charge is 0.456 e. The van der Waals surface area contributed by atoms with Gasteiger partial charge in [-0.15, -0.1) is 0 Å². The summed E-state index contributed by atoms with van der Waals surface area (Å²) in [6.45, 7) is 0. The summed E-state index contributed by atoms with van der Waals surface area (Å²) in [6, 6.07) is 65.2. The lowest BCUT2D eigenvalue weighted by Crippen LogP contribution is -2.01. The number of para-hydroxylation sites is 1. The maximum absolute atomic E-state index is 6.54. The van der Waals surface area contributed by atoms with Gasteiger partial charge in [0.05, 0.1) is 0 Å². The van der Waals surface area contributed by atoms with Crippen LogP contribution >= 0.6 is 0 Å². The standard InChI is InChI=1S/C49H31N3O/c1-3-12-32(13-4-1)35-22-25-36(26-23-35)47-50-48(40-19-11-18-38(29-40)33-14-5-2-6-15-33)52-49(51-47)43-30-41(39-27-24-34-16-7-8-17-37(34)28-39)31-45-46(43)42-20-9-10-21-44(42)53-45/h1-31H. The van der Waals surface area contributed by atoms with Crippen molar-refractivity contribution in [3.8, 4) is 67.5 Å². The topological polar surface area (TPSA) is 51.8 Å². The molecule has 53 heavy (non-hydrogen) atoms. The van der Waals surface area contributed by atoms with Gasteiger partial charge in [0.15, 0.2) is 17.5 Å². The zero-order chi connectivity index (χ0) is 35.1. The zero-order valence-corrected chi connectivity index (χ0v) is 28.6. The number of benzene rings is 8. The first-order valence-corrected chi connectivity index (χ1v) is 17.8. The van der Waals surface area contributed by atoms with Crippen molar-refractivity contribution >= 4 is 32.7 Å². The van der Waals surface area contributed by atoms with E-state index in [1.807, 2.05) is 30.3 Å². The summed E-state index contributed by atoms with van der Waals surface area (Å²) in [5.74, 6) is 1.79. The molecule has 10 aromatic rings. The fourth-order valence-electron chi connectivity index (χ4n) is 7.23. The van der Waals surface area contributed by atoms with Crippen LogP contribution in [-0.4, -0.2) is 15.0 Å². The highest BCUT2D eigenvalue weighted by Crippen LogP contribution is 2.40. The van der Waals surface area contributed by atoms with Crippen LogP contribution in [0.25, 0.3) is 100 Å². The van der Waals surface area contributed by atoms with Crippen molar-refractivity contribution in [2.45, 2.75) is 0 Å². The van der Waals surface area contributed by atoms with E-state index in [-0.39, 0.29) is 0 Å². The Morgan fingerprint density at radius 1 is 0.302 bits per heavy atom. The molecule has 0 aliphatic heterocycles. The smallest absolute Gasteiger partial charge is 0.164 e. The third-order valence-corrected chi connectivity index (χ3v) is 9.92. The molecule has 0 bridgehead atoms. The van der Waals surface area contributed by atoms with Gasteiger partial charge in [-0.25, -0.2) is 15.0 Å². The maximum atomic E-state index is 6.54. The fraction of sp³-hybridized carbons (Fsp3) is 0. The first kappa shape index (κ1) is 30.6. The van der Waals surface area contributed by atoms with Gasteiger partial charge in [0.2, 0.25) is 0 Å². The Bertz CT molecular complexity index is 2930. The van der Waals surface area contributed by atoms with Gasteiger partial charge in [-0.3, -0.25) is 0 Å². The van der Waals surface area contributed by atoms with Gasteiger partial charge < -0.3 is 4.42 Å². The minimum Gasteiger partial charge on any atom is -0.456 e. The molecule has 0 fully saturated rings. The molecule has 2 aromatic heterocycles. The van der Waals surface area contributed by atoms with Crippen molar-refractivity contribution < 1.29 is 4.42 Å². The monoisotopic (exact) mass is 677 g/mol. The zero-order valence-electron chi connectivity index (χ0n) is 28.6. The van der Waals surface area contributed by atoms with E-state index in [0.717, 1.165) is 72.0 Å². The predicted octanol–water partition coefficient (Wildman–Crippen LogP) is 12.9. The van der Waals surface area contributed by atoms with Gasteiger partial charge in [-0.05, 0) is 74.5 Å². The van der Waals surface area contributed by atoms with E-state index >= 15 is 0 Å². The quantitative estimate of drug-likeness (QED) is 0.176. The van der Waals surface area contributed by atoms with E-state index < -0.39 is 0 Å². The maximum Gasteiger partial charge on any atom is 0.164 e. The summed E-state index contributed by atoms with van der Waals surface area (Å²) < 4.78 is 6.54. The number of nitrogens with zero attached hydrogens (tertiary/aromatic N) is 3. The van der Waals surface area contributed by atoms with Gasteiger partial charge in [0.1, 0.15) is 11.2 Å². The van der Waals surface area contributed by atoms with Crippen LogP contribution in [0.2, 0.25) is 0 Å². The van der Waals surface area contributed by atoms with E-state index in [1.54, 1.807) is 0 Å². The van der Waals surface area contributed by atoms with Gasteiger partial charge >= 0.3 is 0 Å². The normalized spacial score (nSPS) is 11.4. The molecule has 0 saturated carbocycles. The van der Waals surface area contributed by atoms with Crippen LogP contribution in [0.5, 0.6) is 0 Å². The van der Waals surface area contributed by atoms with Crippen LogP contribution in [-0.2, 0) is 0 Å². The van der Waals surface area contributed by atoms with Crippen molar-refractivity contribution in [1.29, 1.82) is 0 Å². The Morgan fingerprint density at radius 3 is 1.64 bits per heavy atom. The Hall–Kier alpha value is -7.17. The molecule has 248 valence electrons. The van der Waals surface area contributed by atoms with Crippen LogP contribution in [0.4, 0.5) is 0 Å². The highest BCUT2D eigenvalue weighted by atomic mass is 16.3. The molecular formula is C49H31N3O. The molecule has 2 heterocycles. The van der Waals surface area contributed by atoms with E-state index in [4.69, 9.17) is 19.4 Å². The van der Waals surface area contributed by atoms with Crippen LogP contribution in [0, 0.1) is 0 Å². The average Bonchev–Trinajstić information content (AvgIpc) is 3.62. The number of rotatable bonds is 6. The van der Waals surface area contributed by atoms with Gasteiger partial charge in [-0.2, -0.15) is 0 Å². The summed E-state index contributed by atoms with van der Waals surface area (Å²) in [7, 11) is 0. The number of hydrogen-bond acceptors (Lipinski definition) is 4. The summed E-state index contributed by atoms with van der Waals surface area (Å²) in [5.41, 5.74) is 11.0. The molecule has 0 aliphatic carbocycles. The van der Waals surface area contributed by atoms with Crippen molar-refractivity contribution in [2.75, 3.05) is 0 Å². The molecule has 0 aliphatic rings. The number of fused-ring (bicyclic) bond motifs is 4. The minimum absolute atomic E-state index is 0.585. The molecule has 0 radical (unpaired) electrons. The van der Waals surface area contributed by atoms with Crippen LogP contribution < -0.4 is 0 Å². The second kappa shape index (κ2) is 12.9. The predicted molar refractivity (Wildman–Crippen MR) is 217 cm³/mol. The lowest BCUT2D eigenvalue weighted by Gasteiger charge is -2.12. The number of furan rings is 1. The van der Waals surface area contributed by atoms with E-state index in [2.05, 4.69) is 158 Å². The third kappa shape index (κ3) is 5.73. The van der Waals surface area contributed by atoms with Crippen LogP contribution in [0.1, 0.15) is 0 Å². The lowest BCUT2D eigenvalue weighted by molar-refractivity contribution is 0.669. The Labute approximate surface area is 306 Å². The molecule has 4 nitrogen and oxygen atoms in total. The molecule has 0 unspecified atom stereocenters. The Balaban J connectivity index is 1.20. The number of hydrogen-bond donors (Lipinski definition) is 0. The van der Waals surface area contributed by atoms with Crippen LogP contribution in [0.15, 0.2) is 192 Å². The Morgan fingerprint density at radius 2 is 0.849 bits per heavy atom. The highest BCUT2D eigenvalue weighted by molar-refractivity contribution is 6.13. The first-order valence-electron chi connectivity index (χ1n) is 17.8. The molecule has 4 heteroatoms. The van der Waals surface area contributed by atoms with E-state index in [0.29, 0.717) is 17.5 Å². The summed E-state index contributed by atoms with van der Waals surface area (Å²) in [4.78, 5) is 15.6. The SMILES string of the molecule is c1ccc(-c2ccc(-c3nc(-c4cccc(-c5ccccc5)c4)nc(-c4cc(-c5ccc6ccccc6c5)cc5oc6ccccc6c45)n3)cc2)cc1. The molecule has 0 saturated heterocycles. The van der Waals surface area contributed by atoms with Crippen molar-refractivity contribution in [3.05, 3.63) is 188 Å². The van der Waals surface area contributed by atoms with Crippen molar-refractivity contribution in [2.24, 2.45) is 0 Å². The molecule has 10 rings (SSSR count). The molecular weight excluding hydrogens is 647 g/mol.